The molecule has 1 unspecified atom stereocenters. The number of benzene rings is 1. The number of esters is 1. The first-order valence-electron chi connectivity index (χ1n) is 11.2. The van der Waals surface area contributed by atoms with E-state index in [0.717, 1.165) is 18.4 Å². The number of unbranched alkanes of at least 4 members (excludes halogenated alkanes) is 1. The van der Waals surface area contributed by atoms with Crippen molar-refractivity contribution in [2.75, 3.05) is 5.75 Å². The third-order valence-corrected chi connectivity index (χ3v) is 6.64. The summed E-state index contributed by atoms with van der Waals surface area (Å²) in [5.41, 5.74) is 7.18. The number of sulfone groups is 1. The number of carbonyl (C=O) groups excluding carboxylic acids is 2. The minimum absolute atomic E-state index is 0.0154. The van der Waals surface area contributed by atoms with Crippen molar-refractivity contribution in [3.63, 3.8) is 0 Å². The predicted octanol–water partition coefficient (Wildman–Crippen LogP) is 2.38. The number of carbonyl (C=O) groups is 2. The van der Waals surface area contributed by atoms with Crippen molar-refractivity contribution >= 4 is 27.5 Å². The highest BCUT2D eigenvalue weighted by molar-refractivity contribution is 7.91. The second-order valence-electron chi connectivity index (χ2n) is 8.20. The third-order valence-electron chi connectivity index (χ3n) is 4.99. The smallest absolute Gasteiger partial charge is 0.328 e. The molecular weight excluding hydrogens is 456 g/mol. The number of nitrogen functional groups attached to an aromatic ring is 1. The van der Waals surface area contributed by atoms with Gasteiger partial charge in [0.1, 0.15) is 11.9 Å². The lowest BCUT2D eigenvalue weighted by Crippen LogP contribution is -2.43. The van der Waals surface area contributed by atoms with Gasteiger partial charge in [-0.2, -0.15) is 0 Å². The molecule has 2 rings (SSSR count). The number of nitrogens with two attached hydrogens (primary N) is 1. The normalized spacial score (nSPS) is 12.2. The number of nitrogens with one attached hydrogen (secondary N) is 2. The standard InChI is InChI=1S/C24H32N4O5S/c1-17(2)33-24(30)20(14-16-34(31,32)22-9-5-6-15-27-22)28-21(29)8-4-3-7-18-10-12-19(13-11-18)23(25)26/h5-6,9-13,15,17,20H,3-4,7-8,14,16H2,1-2H3,(H3,25,26)(H,28,29). The number of nitrogens with zero attached hydrogens (tertiary/aromatic N) is 1. The summed E-state index contributed by atoms with van der Waals surface area (Å²) in [5.74, 6) is -1.34. The lowest BCUT2D eigenvalue weighted by atomic mass is 10.0. The third kappa shape index (κ3) is 8.93. The summed E-state index contributed by atoms with van der Waals surface area (Å²) in [4.78, 5) is 28.8. The lowest BCUT2D eigenvalue weighted by Gasteiger charge is -2.19. The van der Waals surface area contributed by atoms with E-state index in [-0.39, 0.29) is 35.4 Å². The lowest BCUT2D eigenvalue weighted by molar-refractivity contribution is -0.151. The average Bonchev–Trinajstić information content (AvgIpc) is 2.80. The van der Waals surface area contributed by atoms with E-state index < -0.39 is 28.0 Å². The molecule has 10 heteroatoms. The van der Waals surface area contributed by atoms with Crippen LogP contribution >= 0.6 is 0 Å². The summed E-state index contributed by atoms with van der Waals surface area (Å²) in [5, 5.41) is 9.97. The minimum Gasteiger partial charge on any atom is -0.461 e. The molecule has 0 bridgehead atoms. The molecule has 0 radical (unpaired) electrons. The number of aromatic nitrogens is 1. The number of amides is 1. The van der Waals surface area contributed by atoms with E-state index in [0.29, 0.717) is 12.0 Å². The van der Waals surface area contributed by atoms with Gasteiger partial charge in [-0.15, -0.1) is 0 Å². The van der Waals surface area contributed by atoms with Crippen molar-refractivity contribution in [3.05, 3.63) is 59.8 Å². The number of amidine groups is 1. The van der Waals surface area contributed by atoms with Gasteiger partial charge in [-0.05, 0) is 57.2 Å². The molecule has 0 saturated carbocycles. The van der Waals surface area contributed by atoms with E-state index in [1.54, 1.807) is 38.1 Å². The molecule has 2 aromatic rings. The monoisotopic (exact) mass is 488 g/mol. The molecule has 0 spiro atoms. The summed E-state index contributed by atoms with van der Waals surface area (Å²) < 4.78 is 30.3. The Hall–Kier alpha value is -3.27. The highest BCUT2D eigenvalue weighted by Gasteiger charge is 2.26. The Bertz CT molecular complexity index is 1070. The van der Waals surface area contributed by atoms with E-state index in [9.17, 15) is 18.0 Å². The molecule has 0 aliphatic rings. The van der Waals surface area contributed by atoms with Crippen LogP contribution in [-0.4, -0.2) is 49.0 Å². The number of aryl methyl sites for hydroxylation is 1. The fourth-order valence-corrected chi connectivity index (χ4v) is 4.47. The number of pyridine rings is 1. The van der Waals surface area contributed by atoms with Gasteiger partial charge in [0.2, 0.25) is 5.91 Å². The zero-order valence-electron chi connectivity index (χ0n) is 19.5. The van der Waals surface area contributed by atoms with E-state index in [1.807, 2.05) is 12.1 Å². The number of hydrogen-bond acceptors (Lipinski definition) is 7. The molecule has 1 amide bonds. The highest BCUT2D eigenvalue weighted by atomic mass is 32.2. The van der Waals surface area contributed by atoms with Gasteiger partial charge in [0.05, 0.1) is 11.9 Å². The van der Waals surface area contributed by atoms with E-state index in [2.05, 4.69) is 10.3 Å². The van der Waals surface area contributed by atoms with Gasteiger partial charge in [0, 0.05) is 18.2 Å². The van der Waals surface area contributed by atoms with Gasteiger partial charge in [0.15, 0.2) is 14.9 Å². The summed E-state index contributed by atoms with van der Waals surface area (Å²) in [6, 6.07) is 10.9. The van der Waals surface area contributed by atoms with Crippen LogP contribution in [-0.2, 0) is 30.6 Å². The fraction of sp³-hybridized carbons (Fsp3) is 0.417. The largest absolute Gasteiger partial charge is 0.461 e. The number of ether oxygens (including phenoxy) is 1. The molecular formula is C24H32N4O5S. The van der Waals surface area contributed by atoms with Crippen molar-refractivity contribution in [3.8, 4) is 0 Å². The zero-order chi connectivity index (χ0) is 25.1. The van der Waals surface area contributed by atoms with Crippen LogP contribution in [0.25, 0.3) is 0 Å². The van der Waals surface area contributed by atoms with Crippen LogP contribution in [0.5, 0.6) is 0 Å². The second kappa shape index (κ2) is 12.8. The number of rotatable bonds is 13. The molecule has 0 fully saturated rings. The quantitative estimate of drug-likeness (QED) is 0.169. The molecule has 0 saturated heterocycles. The van der Waals surface area contributed by atoms with Gasteiger partial charge < -0.3 is 15.8 Å². The summed E-state index contributed by atoms with van der Waals surface area (Å²) >= 11 is 0. The molecule has 4 N–H and O–H groups in total. The van der Waals surface area contributed by atoms with E-state index >= 15 is 0 Å². The van der Waals surface area contributed by atoms with Crippen molar-refractivity contribution in [2.45, 2.75) is 63.1 Å². The SMILES string of the molecule is CC(C)OC(=O)C(CCS(=O)(=O)c1ccccn1)NC(=O)CCCCc1ccc(C(=N)N)cc1. The van der Waals surface area contributed by atoms with Crippen LogP contribution < -0.4 is 11.1 Å². The summed E-state index contributed by atoms with van der Waals surface area (Å²) in [6.45, 7) is 3.37. The summed E-state index contributed by atoms with van der Waals surface area (Å²) in [7, 11) is -3.70. The van der Waals surface area contributed by atoms with Crippen LogP contribution in [0.1, 0.15) is 50.7 Å². The Morgan fingerprint density at radius 3 is 2.41 bits per heavy atom. The fourth-order valence-electron chi connectivity index (χ4n) is 3.20. The van der Waals surface area contributed by atoms with Crippen LogP contribution in [0.2, 0.25) is 0 Å². The van der Waals surface area contributed by atoms with Crippen molar-refractivity contribution in [1.29, 1.82) is 5.41 Å². The topological polar surface area (TPSA) is 152 Å². The minimum atomic E-state index is -3.70. The van der Waals surface area contributed by atoms with Crippen LogP contribution in [0.3, 0.4) is 0 Å². The van der Waals surface area contributed by atoms with Crippen LogP contribution in [0, 0.1) is 5.41 Å². The Balaban J connectivity index is 1.88. The van der Waals surface area contributed by atoms with E-state index in [4.69, 9.17) is 15.9 Å². The van der Waals surface area contributed by atoms with Crippen molar-refractivity contribution in [2.24, 2.45) is 5.73 Å². The maximum absolute atomic E-state index is 12.5. The van der Waals surface area contributed by atoms with Gasteiger partial charge >= 0.3 is 5.97 Å². The van der Waals surface area contributed by atoms with Crippen LogP contribution in [0.15, 0.2) is 53.7 Å². The first-order valence-corrected chi connectivity index (χ1v) is 12.8. The summed E-state index contributed by atoms with van der Waals surface area (Å²) in [6.07, 6.45) is 3.18. The molecule has 1 heterocycles. The molecule has 1 aromatic carbocycles. The molecule has 1 aromatic heterocycles. The highest BCUT2D eigenvalue weighted by Crippen LogP contribution is 2.12. The Labute approximate surface area is 200 Å². The molecule has 34 heavy (non-hydrogen) atoms. The zero-order valence-corrected chi connectivity index (χ0v) is 20.3. The average molecular weight is 489 g/mol. The first kappa shape index (κ1) is 27.0. The van der Waals surface area contributed by atoms with Gasteiger partial charge in [-0.3, -0.25) is 10.2 Å². The van der Waals surface area contributed by atoms with Gasteiger partial charge in [0.25, 0.3) is 0 Å². The van der Waals surface area contributed by atoms with Crippen molar-refractivity contribution in [1.82, 2.24) is 10.3 Å². The molecule has 0 aliphatic carbocycles. The first-order chi connectivity index (χ1) is 16.1. The van der Waals surface area contributed by atoms with Gasteiger partial charge in [-0.1, -0.05) is 30.3 Å². The Kier molecular flexibility index (Phi) is 10.2. The maximum atomic E-state index is 12.5. The molecule has 184 valence electrons. The van der Waals surface area contributed by atoms with Crippen LogP contribution in [0.4, 0.5) is 0 Å². The maximum Gasteiger partial charge on any atom is 0.328 e. The Morgan fingerprint density at radius 2 is 1.82 bits per heavy atom. The molecule has 9 nitrogen and oxygen atoms in total. The number of hydrogen-bond donors (Lipinski definition) is 3. The molecule has 0 aliphatic heterocycles. The second-order valence-corrected chi connectivity index (χ2v) is 10.3. The molecule has 1 atom stereocenters. The van der Waals surface area contributed by atoms with Gasteiger partial charge in [-0.25, -0.2) is 18.2 Å². The predicted molar refractivity (Wildman–Crippen MR) is 129 cm³/mol. The van der Waals surface area contributed by atoms with E-state index in [1.165, 1.54) is 12.3 Å². The van der Waals surface area contributed by atoms with Crippen molar-refractivity contribution < 1.29 is 22.7 Å². The Morgan fingerprint density at radius 1 is 1.12 bits per heavy atom.